The van der Waals surface area contributed by atoms with Gasteiger partial charge in [0.05, 0.1) is 5.52 Å². The molecule has 0 N–H and O–H groups in total. The molecule has 2 aromatic rings. The van der Waals surface area contributed by atoms with Crippen LogP contribution >= 0.6 is 20.1 Å². The maximum atomic E-state index is 4.83. The van der Waals surface area contributed by atoms with Crippen LogP contribution in [0.15, 0.2) is 36.5 Å². The summed E-state index contributed by atoms with van der Waals surface area (Å²) in [6.45, 7) is 7.19. The first-order chi connectivity index (χ1) is 10.1. The quantitative estimate of drug-likeness (QED) is 0.606. The van der Waals surface area contributed by atoms with Gasteiger partial charge in [-0.15, -0.1) is 0 Å². The molecular weight excluding hydrogens is 341 g/mol. The summed E-state index contributed by atoms with van der Waals surface area (Å²) in [4.78, 5) is 4.61. The van der Waals surface area contributed by atoms with Crippen molar-refractivity contribution in [2.45, 2.75) is 33.1 Å². The van der Waals surface area contributed by atoms with E-state index >= 15 is 0 Å². The first-order valence-electron chi connectivity index (χ1n) is 7.33. The molecule has 1 aromatic heterocycles. The molecule has 1 saturated carbocycles. The second-order valence-electron chi connectivity index (χ2n) is 6.02. The molecule has 0 amide bonds. The molecule has 0 spiro atoms. The molecular formula is C17H21Cl2CrN. The van der Waals surface area contributed by atoms with Crippen molar-refractivity contribution in [3.8, 4) is 0 Å². The molecule has 4 atom stereocenters. The van der Waals surface area contributed by atoms with Gasteiger partial charge in [-0.2, -0.15) is 0 Å². The van der Waals surface area contributed by atoms with Crippen LogP contribution in [0.2, 0.25) is 0 Å². The fourth-order valence-electron chi connectivity index (χ4n) is 3.55. The first kappa shape index (κ1) is 17.1. The topological polar surface area (TPSA) is 12.9 Å². The van der Waals surface area contributed by atoms with Crippen LogP contribution in [-0.2, 0) is 13.4 Å². The zero-order chi connectivity index (χ0) is 15.4. The second-order valence-corrected chi connectivity index (χ2v) is 8.12. The number of rotatable bonds is 1. The Morgan fingerprint density at radius 3 is 2.33 bits per heavy atom. The van der Waals surface area contributed by atoms with E-state index in [9.17, 15) is 0 Å². The van der Waals surface area contributed by atoms with E-state index in [4.69, 9.17) is 20.1 Å². The molecule has 1 fully saturated rings. The molecule has 3 rings (SSSR count). The minimum atomic E-state index is -0.181. The van der Waals surface area contributed by atoms with Gasteiger partial charge in [0.15, 0.2) is 0 Å². The molecule has 21 heavy (non-hydrogen) atoms. The predicted molar refractivity (Wildman–Crippen MR) is 88.3 cm³/mol. The van der Waals surface area contributed by atoms with Crippen molar-refractivity contribution in [1.82, 2.24) is 4.98 Å². The van der Waals surface area contributed by atoms with Crippen LogP contribution in [0.25, 0.3) is 10.9 Å². The average molecular weight is 362 g/mol. The maximum absolute atomic E-state index is 4.83. The van der Waals surface area contributed by atoms with Crippen molar-refractivity contribution in [1.29, 1.82) is 0 Å². The summed E-state index contributed by atoms with van der Waals surface area (Å²) >= 11 is -0.181. The van der Waals surface area contributed by atoms with E-state index in [0.717, 1.165) is 17.8 Å². The number of hydrogen-bond acceptors (Lipinski definition) is 1. The Hall–Kier alpha value is -0.258. The van der Waals surface area contributed by atoms with Gasteiger partial charge in [0.1, 0.15) is 0 Å². The Morgan fingerprint density at radius 2 is 1.71 bits per heavy atom. The summed E-state index contributed by atoms with van der Waals surface area (Å²) in [7, 11) is 9.65. The monoisotopic (exact) mass is 361 g/mol. The number of nitrogens with zero attached hydrogens (tertiary/aromatic N) is 1. The molecule has 0 bridgehead atoms. The van der Waals surface area contributed by atoms with Gasteiger partial charge >= 0.3 is 33.5 Å². The summed E-state index contributed by atoms with van der Waals surface area (Å²) in [5.74, 6) is 3.07. The molecule has 4 heteroatoms. The van der Waals surface area contributed by atoms with Crippen LogP contribution in [0.1, 0.15) is 38.7 Å². The summed E-state index contributed by atoms with van der Waals surface area (Å²) in [5, 5.41) is 1.27. The Kier molecular flexibility index (Phi) is 6.38. The predicted octanol–water partition coefficient (Wildman–Crippen LogP) is 6.01. The van der Waals surface area contributed by atoms with Gasteiger partial charge in [0.2, 0.25) is 0 Å². The van der Waals surface area contributed by atoms with Crippen molar-refractivity contribution >= 4 is 31.0 Å². The van der Waals surface area contributed by atoms with E-state index in [1.807, 2.05) is 12.3 Å². The van der Waals surface area contributed by atoms with Gasteiger partial charge in [0.25, 0.3) is 0 Å². The number of fused-ring (bicyclic) bond motifs is 1. The number of aromatic nitrogens is 1. The van der Waals surface area contributed by atoms with Gasteiger partial charge in [0, 0.05) is 11.6 Å². The van der Waals surface area contributed by atoms with Crippen LogP contribution in [0, 0.1) is 17.8 Å². The van der Waals surface area contributed by atoms with Crippen molar-refractivity contribution < 1.29 is 13.4 Å². The SMILES string of the molecule is CC1CC(c2cccc3cccnc23)C(C)C1C.[Cl][Cr][Cl]. The number of para-hydroxylation sites is 1. The third-order valence-corrected chi connectivity index (χ3v) is 5.05. The van der Waals surface area contributed by atoms with E-state index in [1.165, 1.54) is 22.9 Å². The van der Waals surface area contributed by atoms with E-state index in [2.05, 4.69) is 50.0 Å². The minimum absolute atomic E-state index is 0.181. The first-order valence-corrected chi connectivity index (χ1v) is 10.8. The number of halogens is 2. The van der Waals surface area contributed by atoms with Crippen molar-refractivity contribution in [2.75, 3.05) is 0 Å². The van der Waals surface area contributed by atoms with Gasteiger partial charge < -0.3 is 0 Å². The standard InChI is InChI=1S/C17H21N.2ClH.Cr/c1-11-10-16(13(3)12(11)2)15-8-4-6-14-7-5-9-18-17(14)15;;;/h4-9,11-13,16H,10H2,1-3H3;2*1H;/q;;;+2/p-2. The molecule has 1 heterocycles. The molecule has 114 valence electrons. The molecule has 1 aliphatic rings. The Balaban J connectivity index is 0.000000497. The van der Waals surface area contributed by atoms with E-state index in [-0.39, 0.29) is 13.4 Å². The summed E-state index contributed by atoms with van der Waals surface area (Å²) in [6, 6.07) is 10.8. The van der Waals surface area contributed by atoms with Crippen molar-refractivity contribution in [3.05, 3.63) is 42.1 Å². The van der Waals surface area contributed by atoms with Crippen LogP contribution in [0.5, 0.6) is 0 Å². The van der Waals surface area contributed by atoms with Gasteiger partial charge in [-0.25, -0.2) is 0 Å². The number of benzene rings is 1. The number of pyridine rings is 1. The Labute approximate surface area is 142 Å². The molecule has 4 unspecified atom stereocenters. The molecule has 1 aliphatic carbocycles. The van der Waals surface area contributed by atoms with Crippen LogP contribution in [-0.4, -0.2) is 4.98 Å². The zero-order valence-corrected chi connectivity index (χ0v) is 15.4. The Bertz CT molecular complexity index is 585. The molecule has 0 saturated heterocycles. The van der Waals surface area contributed by atoms with Gasteiger partial charge in [-0.3, -0.25) is 4.98 Å². The normalized spacial score (nSPS) is 28.2. The fraction of sp³-hybridized carbons (Fsp3) is 0.471. The van der Waals surface area contributed by atoms with Crippen molar-refractivity contribution in [3.63, 3.8) is 0 Å². The summed E-state index contributed by atoms with van der Waals surface area (Å²) in [5.41, 5.74) is 2.66. The summed E-state index contributed by atoms with van der Waals surface area (Å²) < 4.78 is 0. The molecule has 1 aromatic carbocycles. The van der Waals surface area contributed by atoms with Crippen LogP contribution in [0.3, 0.4) is 0 Å². The van der Waals surface area contributed by atoms with E-state index < -0.39 is 0 Å². The molecule has 1 nitrogen and oxygen atoms in total. The summed E-state index contributed by atoms with van der Waals surface area (Å²) in [6.07, 6.45) is 3.22. The van der Waals surface area contributed by atoms with Crippen LogP contribution in [0.4, 0.5) is 0 Å². The third kappa shape index (κ3) is 3.74. The van der Waals surface area contributed by atoms with Crippen molar-refractivity contribution in [2.24, 2.45) is 17.8 Å². The zero-order valence-electron chi connectivity index (χ0n) is 12.6. The van der Waals surface area contributed by atoms with E-state index in [1.54, 1.807) is 0 Å². The Morgan fingerprint density at radius 1 is 1.05 bits per heavy atom. The number of hydrogen-bond donors (Lipinski definition) is 0. The second kappa shape index (κ2) is 7.84. The molecule has 0 aliphatic heterocycles. The van der Waals surface area contributed by atoms with E-state index in [0.29, 0.717) is 5.92 Å². The van der Waals surface area contributed by atoms with Gasteiger partial charge in [-0.05, 0) is 41.7 Å². The third-order valence-electron chi connectivity index (χ3n) is 5.05. The fourth-order valence-corrected chi connectivity index (χ4v) is 3.55. The van der Waals surface area contributed by atoms with Gasteiger partial charge in [-0.1, -0.05) is 45.0 Å². The van der Waals surface area contributed by atoms with Crippen LogP contribution < -0.4 is 0 Å². The molecule has 0 radical (unpaired) electrons. The average Bonchev–Trinajstić information content (AvgIpc) is 2.75.